The smallest absolute Gasteiger partial charge is 0.249 e. The lowest BCUT2D eigenvalue weighted by Crippen LogP contribution is -2.38. The zero-order valence-corrected chi connectivity index (χ0v) is 11.7. The third kappa shape index (κ3) is 4.41. The molecule has 0 spiro atoms. The van der Waals surface area contributed by atoms with Crippen molar-refractivity contribution in [1.29, 1.82) is 0 Å². The Balaban J connectivity index is 0.00000162. The van der Waals surface area contributed by atoms with Gasteiger partial charge in [-0.05, 0) is 31.6 Å². The number of amides is 1. The molecule has 2 rings (SSSR count). The Hall–Kier alpha value is -0.320. The lowest BCUT2D eigenvalue weighted by atomic mass is 9.89. The Bertz CT molecular complexity index is 257. The first-order valence-electron chi connectivity index (χ1n) is 6.93. The van der Waals surface area contributed by atoms with Gasteiger partial charge < -0.3 is 15.8 Å². The molecule has 4 nitrogen and oxygen atoms in total. The van der Waals surface area contributed by atoms with Gasteiger partial charge in [0.25, 0.3) is 0 Å². The second-order valence-corrected chi connectivity index (χ2v) is 5.31. The van der Waals surface area contributed by atoms with Gasteiger partial charge in [0.2, 0.25) is 5.91 Å². The van der Waals surface area contributed by atoms with Crippen LogP contribution in [0.3, 0.4) is 0 Å². The lowest BCUT2D eigenvalue weighted by Gasteiger charge is -2.22. The van der Waals surface area contributed by atoms with Crippen molar-refractivity contribution in [2.45, 2.75) is 57.2 Å². The molecular formula is C13H25ClN2O2. The standard InChI is InChI=1S/C13H24N2O2.ClH/c14-8-11-6-7-12(17-11)13(16)15-9-10-4-2-1-3-5-10;/h10-12H,1-9,14H2,(H,15,16);1H/t11-,12+;/m1./s1. The Labute approximate surface area is 115 Å². The molecule has 2 fully saturated rings. The van der Waals surface area contributed by atoms with Crippen LogP contribution in [0.1, 0.15) is 44.9 Å². The molecule has 0 aromatic carbocycles. The van der Waals surface area contributed by atoms with Crippen LogP contribution in [0.4, 0.5) is 0 Å². The molecule has 1 saturated carbocycles. The van der Waals surface area contributed by atoms with Gasteiger partial charge in [-0.25, -0.2) is 0 Å². The maximum atomic E-state index is 11.9. The molecule has 1 saturated heterocycles. The summed E-state index contributed by atoms with van der Waals surface area (Å²) in [5.41, 5.74) is 5.53. The summed E-state index contributed by atoms with van der Waals surface area (Å²) in [5, 5.41) is 3.03. The number of halogens is 1. The average molecular weight is 277 g/mol. The van der Waals surface area contributed by atoms with Gasteiger partial charge >= 0.3 is 0 Å². The van der Waals surface area contributed by atoms with E-state index in [1.807, 2.05) is 0 Å². The van der Waals surface area contributed by atoms with Gasteiger partial charge in [0.1, 0.15) is 6.10 Å². The molecule has 2 atom stereocenters. The minimum atomic E-state index is -0.257. The number of hydrogen-bond donors (Lipinski definition) is 2. The molecule has 0 radical (unpaired) electrons. The summed E-state index contributed by atoms with van der Waals surface area (Å²) in [4.78, 5) is 11.9. The fourth-order valence-corrected chi connectivity index (χ4v) is 2.82. The molecule has 3 N–H and O–H groups in total. The summed E-state index contributed by atoms with van der Waals surface area (Å²) < 4.78 is 5.58. The summed E-state index contributed by atoms with van der Waals surface area (Å²) in [6, 6.07) is 0. The van der Waals surface area contributed by atoms with Crippen LogP contribution in [0.2, 0.25) is 0 Å². The summed E-state index contributed by atoms with van der Waals surface area (Å²) >= 11 is 0. The molecule has 1 aliphatic heterocycles. The van der Waals surface area contributed by atoms with Crippen molar-refractivity contribution in [2.24, 2.45) is 11.7 Å². The highest BCUT2D eigenvalue weighted by molar-refractivity contribution is 5.85. The zero-order valence-electron chi connectivity index (χ0n) is 10.9. The summed E-state index contributed by atoms with van der Waals surface area (Å²) in [6.07, 6.45) is 8.07. The highest BCUT2D eigenvalue weighted by Gasteiger charge is 2.29. The van der Waals surface area contributed by atoms with Gasteiger partial charge in [-0.1, -0.05) is 19.3 Å². The molecule has 1 aliphatic carbocycles. The molecular weight excluding hydrogens is 252 g/mol. The topological polar surface area (TPSA) is 64.4 Å². The van der Waals surface area contributed by atoms with E-state index in [2.05, 4.69) is 5.32 Å². The molecule has 0 unspecified atom stereocenters. The minimum absolute atomic E-state index is 0. The third-order valence-corrected chi connectivity index (χ3v) is 3.95. The van der Waals surface area contributed by atoms with E-state index in [9.17, 15) is 4.79 Å². The molecule has 0 aromatic rings. The van der Waals surface area contributed by atoms with Gasteiger partial charge in [-0.2, -0.15) is 0 Å². The van der Waals surface area contributed by atoms with Crippen LogP contribution in [0.5, 0.6) is 0 Å². The van der Waals surface area contributed by atoms with E-state index in [0.717, 1.165) is 19.4 Å². The van der Waals surface area contributed by atoms with E-state index in [1.165, 1.54) is 32.1 Å². The van der Waals surface area contributed by atoms with Crippen molar-refractivity contribution >= 4 is 18.3 Å². The Morgan fingerprint density at radius 2 is 1.89 bits per heavy atom. The van der Waals surface area contributed by atoms with Crippen molar-refractivity contribution in [1.82, 2.24) is 5.32 Å². The van der Waals surface area contributed by atoms with Crippen molar-refractivity contribution < 1.29 is 9.53 Å². The normalized spacial score (nSPS) is 28.7. The van der Waals surface area contributed by atoms with Gasteiger partial charge in [0, 0.05) is 13.1 Å². The predicted molar refractivity (Wildman–Crippen MR) is 73.8 cm³/mol. The zero-order chi connectivity index (χ0) is 12.1. The number of nitrogens with two attached hydrogens (primary N) is 1. The second-order valence-electron chi connectivity index (χ2n) is 5.31. The highest BCUT2D eigenvalue weighted by atomic mass is 35.5. The number of rotatable bonds is 4. The average Bonchev–Trinajstić information content (AvgIpc) is 2.86. The molecule has 2 aliphatic rings. The van der Waals surface area contributed by atoms with Crippen LogP contribution < -0.4 is 11.1 Å². The van der Waals surface area contributed by atoms with Gasteiger partial charge in [-0.3, -0.25) is 4.79 Å². The first-order valence-corrected chi connectivity index (χ1v) is 6.93. The third-order valence-electron chi connectivity index (χ3n) is 3.95. The predicted octanol–water partition coefficient (Wildman–Crippen LogP) is 1.61. The van der Waals surface area contributed by atoms with Crippen molar-refractivity contribution in [3.8, 4) is 0 Å². The summed E-state index contributed by atoms with van der Waals surface area (Å²) in [5.74, 6) is 0.742. The molecule has 106 valence electrons. The van der Waals surface area contributed by atoms with Gasteiger partial charge in [0.05, 0.1) is 6.10 Å². The first-order chi connectivity index (χ1) is 8.29. The Morgan fingerprint density at radius 1 is 1.17 bits per heavy atom. The van der Waals surface area contributed by atoms with Crippen LogP contribution in [-0.4, -0.2) is 31.2 Å². The fourth-order valence-electron chi connectivity index (χ4n) is 2.82. The maximum Gasteiger partial charge on any atom is 0.249 e. The minimum Gasteiger partial charge on any atom is -0.364 e. The molecule has 1 heterocycles. The van der Waals surface area contributed by atoms with Crippen LogP contribution >= 0.6 is 12.4 Å². The van der Waals surface area contributed by atoms with Crippen molar-refractivity contribution in [3.05, 3.63) is 0 Å². The fraction of sp³-hybridized carbons (Fsp3) is 0.923. The number of hydrogen-bond acceptors (Lipinski definition) is 3. The van der Waals surface area contributed by atoms with Crippen LogP contribution in [0.25, 0.3) is 0 Å². The lowest BCUT2D eigenvalue weighted by molar-refractivity contribution is -0.132. The van der Waals surface area contributed by atoms with Gasteiger partial charge in [-0.15, -0.1) is 12.4 Å². The molecule has 18 heavy (non-hydrogen) atoms. The number of ether oxygens (including phenoxy) is 1. The van der Waals surface area contributed by atoms with E-state index in [0.29, 0.717) is 12.5 Å². The first kappa shape index (κ1) is 15.7. The van der Waals surface area contributed by atoms with Crippen molar-refractivity contribution in [2.75, 3.05) is 13.1 Å². The largest absolute Gasteiger partial charge is 0.364 e. The molecule has 1 amide bonds. The number of carbonyl (C=O) groups is 1. The van der Waals surface area contributed by atoms with E-state index in [4.69, 9.17) is 10.5 Å². The maximum absolute atomic E-state index is 11.9. The monoisotopic (exact) mass is 276 g/mol. The van der Waals surface area contributed by atoms with Crippen molar-refractivity contribution in [3.63, 3.8) is 0 Å². The quantitative estimate of drug-likeness (QED) is 0.820. The van der Waals surface area contributed by atoms with E-state index in [1.54, 1.807) is 0 Å². The van der Waals surface area contributed by atoms with E-state index >= 15 is 0 Å². The SMILES string of the molecule is Cl.NC[C@H]1CC[C@@H](C(=O)NCC2CCCCC2)O1. The number of carbonyl (C=O) groups excluding carboxylic acids is 1. The van der Waals surface area contributed by atoms with Crippen LogP contribution in [0.15, 0.2) is 0 Å². The highest BCUT2D eigenvalue weighted by Crippen LogP contribution is 2.23. The summed E-state index contributed by atoms with van der Waals surface area (Å²) in [7, 11) is 0. The van der Waals surface area contributed by atoms with Crippen LogP contribution in [-0.2, 0) is 9.53 Å². The molecule has 0 bridgehead atoms. The van der Waals surface area contributed by atoms with E-state index < -0.39 is 0 Å². The molecule has 0 aromatic heterocycles. The summed E-state index contributed by atoms with van der Waals surface area (Å²) in [6.45, 7) is 1.35. The van der Waals surface area contributed by atoms with E-state index in [-0.39, 0.29) is 30.5 Å². The van der Waals surface area contributed by atoms with Crippen LogP contribution in [0, 0.1) is 5.92 Å². The molecule has 5 heteroatoms. The second kappa shape index (κ2) is 7.97. The Morgan fingerprint density at radius 3 is 2.50 bits per heavy atom. The number of nitrogens with one attached hydrogen (secondary N) is 1. The Kier molecular flexibility index (Phi) is 6.97. The van der Waals surface area contributed by atoms with Gasteiger partial charge in [0.15, 0.2) is 0 Å².